The van der Waals surface area contributed by atoms with Gasteiger partial charge in [-0.3, -0.25) is 0 Å². The summed E-state index contributed by atoms with van der Waals surface area (Å²) in [5.74, 6) is -1.01. The molecule has 0 heterocycles. The monoisotopic (exact) mass is 319 g/mol. The highest BCUT2D eigenvalue weighted by molar-refractivity contribution is 7.98. The van der Waals surface area contributed by atoms with Crippen LogP contribution in [0.25, 0.3) is 0 Å². The molecule has 0 aliphatic rings. The summed E-state index contributed by atoms with van der Waals surface area (Å²) in [4.78, 5) is -0.0692. The predicted molar refractivity (Wildman–Crippen MR) is 76.8 cm³/mol. The number of rotatable bonds is 3. The first kappa shape index (κ1) is 14.4. The molecule has 0 radical (unpaired) electrons. The van der Waals surface area contributed by atoms with Crippen molar-refractivity contribution in [3.8, 4) is 0 Å². The van der Waals surface area contributed by atoms with Gasteiger partial charge in [0.05, 0.1) is 4.90 Å². The quantitative estimate of drug-likeness (QED) is 0.625. The van der Waals surface area contributed by atoms with Gasteiger partial charge < -0.3 is 5.73 Å². The van der Waals surface area contributed by atoms with Crippen LogP contribution in [-0.2, 0) is 5.75 Å². The second kappa shape index (κ2) is 5.99. The van der Waals surface area contributed by atoms with Crippen molar-refractivity contribution in [3.63, 3.8) is 0 Å². The van der Waals surface area contributed by atoms with E-state index in [1.807, 2.05) is 0 Å². The highest BCUT2D eigenvalue weighted by Gasteiger charge is 2.12. The number of nitrogens with two attached hydrogens (primary N) is 1. The van der Waals surface area contributed by atoms with E-state index in [0.717, 1.165) is 29.5 Å². The first-order valence-corrected chi connectivity index (χ1v) is 7.03. The van der Waals surface area contributed by atoms with Crippen LogP contribution in [0.4, 0.5) is 14.5 Å². The van der Waals surface area contributed by atoms with Crippen LogP contribution in [0.2, 0.25) is 10.0 Å². The molecular weight excluding hydrogens is 311 g/mol. The molecule has 19 heavy (non-hydrogen) atoms. The van der Waals surface area contributed by atoms with Crippen LogP contribution in [0.1, 0.15) is 5.56 Å². The molecule has 2 aromatic carbocycles. The van der Waals surface area contributed by atoms with Crippen molar-refractivity contribution in [3.05, 3.63) is 57.6 Å². The van der Waals surface area contributed by atoms with Crippen molar-refractivity contribution in [2.45, 2.75) is 10.6 Å². The standard InChI is InChI=1S/C13H9Cl2F2NS/c14-8-2-1-7(10(15)3-8)6-19-13-11(16)4-9(18)5-12(13)17/h1-5H,6,18H2. The number of anilines is 1. The van der Waals surface area contributed by atoms with Crippen LogP contribution < -0.4 is 5.73 Å². The Morgan fingerprint density at radius 1 is 1.05 bits per heavy atom. The van der Waals surface area contributed by atoms with Crippen LogP contribution in [-0.4, -0.2) is 0 Å². The average Bonchev–Trinajstić information content (AvgIpc) is 2.30. The number of hydrogen-bond donors (Lipinski definition) is 1. The van der Waals surface area contributed by atoms with Crippen LogP contribution in [0.5, 0.6) is 0 Å². The molecule has 0 saturated carbocycles. The Labute approximate surface area is 123 Å². The van der Waals surface area contributed by atoms with Gasteiger partial charge in [0.1, 0.15) is 11.6 Å². The van der Waals surface area contributed by atoms with E-state index in [1.54, 1.807) is 18.2 Å². The molecule has 0 fully saturated rings. The molecule has 0 amide bonds. The Bertz CT molecular complexity index is 597. The Morgan fingerprint density at radius 3 is 2.26 bits per heavy atom. The summed E-state index contributed by atoms with van der Waals surface area (Å²) in [5, 5.41) is 0.986. The van der Waals surface area contributed by atoms with Gasteiger partial charge >= 0.3 is 0 Å². The molecule has 2 rings (SSSR count). The van der Waals surface area contributed by atoms with Gasteiger partial charge in [-0.25, -0.2) is 8.78 Å². The number of nitrogen functional groups attached to an aromatic ring is 1. The fraction of sp³-hybridized carbons (Fsp3) is 0.0769. The molecule has 2 aromatic rings. The van der Waals surface area contributed by atoms with E-state index in [4.69, 9.17) is 28.9 Å². The van der Waals surface area contributed by atoms with Crippen LogP contribution >= 0.6 is 35.0 Å². The van der Waals surface area contributed by atoms with Crippen molar-refractivity contribution in [2.24, 2.45) is 0 Å². The first-order valence-electron chi connectivity index (χ1n) is 5.28. The number of benzene rings is 2. The minimum Gasteiger partial charge on any atom is -0.399 e. The topological polar surface area (TPSA) is 26.0 Å². The second-order valence-corrected chi connectivity index (χ2v) is 5.67. The van der Waals surface area contributed by atoms with Gasteiger partial charge in [-0.2, -0.15) is 0 Å². The average molecular weight is 320 g/mol. The Morgan fingerprint density at radius 2 is 1.68 bits per heavy atom. The lowest BCUT2D eigenvalue weighted by Crippen LogP contribution is -1.94. The summed E-state index contributed by atoms with van der Waals surface area (Å²) in [6.45, 7) is 0. The largest absolute Gasteiger partial charge is 0.399 e. The molecular formula is C13H9Cl2F2NS. The van der Waals surface area contributed by atoms with Crippen molar-refractivity contribution in [2.75, 3.05) is 5.73 Å². The van der Waals surface area contributed by atoms with Gasteiger partial charge in [0, 0.05) is 21.5 Å². The van der Waals surface area contributed by atoms with Crippen molar-refractivity contribution in [1.82, 2.24) is 0 Å². The lowest BCUT2D eigenvalue weighted by Gasteiger charge is -2.07. The van der Waals surface area contributed by atoms with Gasteiger partial charge in [-0.1, -0.05) is 29.3 Å². The molecule has 0 aromatic heterocycles. The first-order chi connectivity index (χ1) is 8.97. The maximum absolute atomic E-state index is 13.6. The van der Waals surface area contributed by atoms with Gasteiger partial charge in [0.2, 0.25) is 0 Å². The summed E-state index contributed by atoms with van der Waals surface area (Å²) in [6, 6.07) is 7.18. The molecule has 2 N–H and O–H groups in total. The predicted octanol–water partition coefficient (Wildman–Crippen LogP) is 5.15. The minimum absolute atomic E-state index is 0.0591. The minimum atomic E-state index is -0.674. The maximum atomic E-state index is 13.6. The summed E-state index contributed by atoms with van der Waals surface area (Å²) in [5.41, 5.74) is 6.17. The number of hydrogen-bond acceptors (Lipinski definition) is 2. The van der Waals surface area contributed by atoms with E-state index in [9.17, 15) is 8.78 Å². The fourth-order valence-electron chi connectivity index (χ4n) is 1.51. The summed E-state index contributed by atoms with van der Waals surface area (Å²) in [6.07, 6.45) is 0. The van der Waals surface area contributed by atoms with E-state index < -0.39 is 11.6 Å². The molecule has 0 aliphatic carbocycles. The Balaban J connectivity index is 2.19. The normalized spacial score (nSPS) is 10.7. The zero-order chi connectivity index (χ0) is 14.0. The third-order valence-electron chi connectivity index (χ3n) is 2.41. The van der Waals surface area contributed by atoms with Gasteiger partial charge in [-0.05, 0) is 29.8 Å². The fourth-order valence-corrected chi connectivity index (χ4v) is 3.01. The number of thioether (sulfide) groups is 1. The summed E-state index contributed by atoms with van der Waals surface area (Å²) in [7, 11) is 0. The van der Waals surface area contributed by atoms with Crippen LogP contribution in [0.3, 0.4) is 0 Å². The zero-order valence-electron chi connectivity index (χ0n) is 9.59. The maximum Gasteiger partial charge on any atom is 0.141 e. The Hall–Kier alpha value is -0.970. The van der Waals surface area contributed by atoms with Gasteiger partial charge in [0.15, 0.2) is 0 Å². The smallest absolute Gasteiger partial charge is 0.141 e. The molecule has 0 unspecified atom stereocenters. The van der Waals surface area contributed by atoms with Gasteiger partial charge in [-0.15, -0.1) is 11.8 Å². The van der Waals surface area contributed by atoms with E-state index in [0.29, 0.717) is 15.8 Å². The van der Waals surface area contributed by atoms with Crippen molar-refractivity contribution in [1.29, 1.82) is 0 Å². The zero-order valence-corrected chi connectivity index (χ0v) is 11.9. The van der Waals surface area contributed by atoms with Crippen LogP contribution in [0, 0.1) is 11.6 Å². The molecule has 6 heteroatoms. The lowest BCUT2D eigenvalue weighted by molar-refractivity contribution is 0.542. The molecule has 0 saturated heterocycles. The molecule has 100 valence electrons. The van der Waals surface area contributed by atoms with E-state index in [1.165, 1.54) is 0 Å². The SMILES string of the molecule is Nc1cc(F)c(SCc2ccc(Cl)cc2Cl)c(F)c1. The van der Waals surface area contributed by atoms with Crippen molar-refractivity contribution >= 4 is 40.7 Å². The number of halogens is 4. The molecule has 0 spiro atoms. The van der Waals surface area contributed by atoms with Crippen molar-refractivity contribution < 1.29 is 8.78 Å². The summed E-state index contributed by atoms with van der Waals surface area (Å²) >= 11 is 12.8. The highest BCUT2D eigenvalue weighted by Crippen LogP contribution is 2.32. The molecule has 0 bridgehead atoms. The second-order valence-electron chi connectivity index (χ2n) is 3.84. The molecule has 0 atom stereocenters. The van der Waals surface area contributed by atoms with E-state index >= 15 is 0 Å². The van der Waals surface area contributed by atoms with Crippen LogP contribution in [0.15, 0.2) is 35.2 Å². The third-order valence-corrected chi connectivity index (χ3v) is 4.13. The Kier molecular flexibility index (Phi) is 4.55. The third kappa shape index (κ3) is 3.53. The van der Waals surface area contributed by atoms with Gasteiger partial charge in [0.25, 0.3) is 0 Å². The lowest BCUT2D eigenvalue weighted by atomic mass is 10.2. The van der Waals surface area contributed by atoms with E-state index in [2.05, 4.69) is 0 Å². The summed E-state index contributed by atoms with van der Waals surface area (Å²) < 4.78 is 27.2. The highest BCUT2D eigenvalue weighted by atomic mass is 35.5. The molecule has 0 aliphatic heterocycles. The van der Waals surface area contributed by atoms with E-state index in [-0.39, 0.29) is 10.6 Å². The molecule has 1 nitrogen and oxygen atoms in total.